The van der Waals surface area contributed by atoms with Gasteiger partial charge in [0.2, 0.25) is 0 Å². The molecule has 112 valence electrons. The molecule has 0 aliphatic carbocycles. The van der Waals surface area contributed by atoms with E-state index in [9.17, 15) is 0 Å². The Morgan fingerprint density at radius 1 is 0.357 bits per heavy atom. The van der Waals surface area contributed by atoms with Crippen LogP contribution >= 0.6 is 0 Å². The van der Waals surface area contributed by atoms with Crippen molar-refractivity contribution in [2.24, 2.45) is 0 Å². The number of rotatable bonds is 0. The summed E-state index contributed by atoms with van der Waals surface area (Å²) in [5.41, 5.74) is 0. The van der Waals surface area contributed by atoms with E-state index in [2.05, 4.69) is 0 Å². The predicted octanol–water partition coefficient (Wildman–Crippen LogP) is 8.72. The van der Waals surface area contributed by atoms with Crippen LogP contribution in [0.25, 0.3) is 0 Å². The molecule has 0 N–H and O–H groups in total. The maximum atomic E-state index is 2.00. The van der Waals surface area contributed by atoms with Crippen LogP contribution in [0, 0.1) is 7.43 Å². The van der Waals surface area contributed by atoms with E-state index < -0.39 is 0 Å². The molecule has 0 spiro atoms. The molecule has 0 amide bonds. The lowest BCUT2D eigenvalue weighted by atomic mass is 11.0. The lowest BCUT2D eigenvalue weighted by molar-refractivity contribution is 1.50. The topological polar surface area (TPSA) is 0 Å². The molecule has 0 aromatic heterocycles. The van der Waals surface area contributed by atoms with Crippen LogP contribution in [-0.2, 0) is 0 Å². The van der Waals surface area contributed by atoms with Crippen LogP contribution in [0.4, 0.5) is 0 Å². The van der Waals surface area contributed by atoms with Gasteiger partial charge in [0.15, 0.2) is 0 Å². The zero-order valence-electron chi connectivity index (χ0n) is 3.00. The molecule has 0 aliphatic heterocycles. The van der Waals surface area contributed by atoms with E-state index >= 15 is 0 Å². The van der Waals surface area contributed by atoms with Crippen molar-refractivity contribution in [2.75, 3.05) is 0 Å². The molecule has 14 heavy (non-hydrogen) atoms. The largest absolute Gasteiger partial charge is 0.358 e. The first-order valence-electron chi connectivity index (χ1n) is 1.00. The highest BCUT2D eigenvalue weighted by Gasteiger charge is 0.932. The molecule has 0 atom stereocenters. The summed E-state index contributed by atoms with van der Waals surface area (Å²) in [6.07, 6.45) is 0. The number of hydrogen-bond acceptors (Lipinski definition) is 0. The molecule has 0 aliphatic rings. The minimum Gasteiger partial charge on any atom is -0.358 e. The highest BCUT2D eigenvalue weighted by molar-refractivity contribution is 3.50. The quantitative estimate of drug-likeness (QED) is 0.360. The van der Waals surface area contributed by atoms with Gasteiger partial charge >= 0.3 is 0 Å². The van der Waals surface area contributed by atoms with Gasteiger partial charge in [-0.05, 0) is 0 Å². The summed E-state index contributed by atoms with van der Waals surface area (Å²) in [5, 5.41) is 0. The second-order valence-corrected chi connectivity index (χ2v) is 0. The standard InChI is InChI=1S/C2H6.11CH4.CH3.H2/c1-2;;;;;;;;;;;;;/h1-2H3;11*1H4;1H3;1H/q;;;;;;;;;;;;-1;. The van der Waals surface area contributed by atoms with E-state index in [0.717, 1.165) is 0 Å². The first kappa shape index (κ1) is 2370. The van der Waals surface area contributed by atoms with Crippen LogP contribution in [-0.4, -0.2) is 0 Å². The summed E-state index contributed by atoms with van der Waals surface area (Å²) in [4.78, 5) is 0. The molecule has 0 unspecified atom stereocenters. The van der Waals surface area contributed by atoms with Gasteiger partial charge in [-0.15, -0.1) is 0 Å². The normalized spacial score (nSPS) is 0.429. The monoisotopic (exact) mass is 223 g/mol. The van der Waals surface area contributed by atoms with Crippen LogP contribution in [0.5, 0.6) is 0 Å². The zero-order chi connectivity index (χ0) is 2.00. The average Bonchev–Trinajstić information content (AvgIpc) is 1.00. The molecular weight excluding hydrogens is 168 g/mol. The van der Waals surface area contributed by atoms with Gasteiger partial charge in [-0.25, -0.2) is 0 Å². The smallest absolute Gasteiger partial charge is 0 e. The summed E-state index contributed by atoms with van der Waals surface area (Å²) in [6.45, 7) is 4.00. The molecule has 0 bridgehead atoms. The third-order valence-electron chi connectivity index (χ3n) is 0. The van der Waals surface area contributed by atoms with Crippen LogP contribution < -0.4 is 0 Å². The fourth-order valence-electron chi connectivity index (χ4n) is 0. The molecule has 0 heterocycles. The van der Waals surface area contributed by atoms with Crippen molar-refractivity contribution >= 4 is 0 Å². The second kappa shape index (κ2) is 0. The maximum Gasteiger partial charge on any atom is 0 e. The minimum atomic E-state index is 0. The van der Waals surface area contributed by atoms with Gasteiger partial charge in [0.25, 0.3) is 0 Å². The Bertz CT molecular complexity index is 5.30. The highest BCUT2D eigenvalue weighted by atomic mass is 13.0. The van der Waals surface area contributed by atoms with Gasteiger partial charge in [0.05, 0.1) is 0 Å². The Hall–Kier alpha value is 0. The fraction of sp³-hybridized carbons (Fsp3) is 0.929. The zero-order valence-corrected chi connectivity index (χ0v) is 3.00. The van der Waals surface area contributed by atoms with Crippen LogP contribution in [0.1, 0.15) is 97.0 Å². The molecule has 0 saturated carbocycles. The molecular formula is C14H55-. The van der Waals surface area contributed by atoms with Crippen molar-refractivity contribution in [1.82, 2.24) is 0 Å². The van der Waals surface area contributed by atoms with Crippen molar-refractivity contribution in [1.29, 1.82) is 0 Å². The number of hydrogen-bond donors (Lipinski definition) is 0. The molecule has 0 aromatic rings. The summed E-state index contributed by atoms with van der Waals surface area (Å²) in [5.74, 6) is 0. The van der Waals surface area contributed by atoms with Crippen LogP contribution in [0.3, 0.4) is 0 Å². The third-order valence-corrected chi connectivity index (χ3v) is 0. The average molecular weight is 224 g/mol. The molecule has 0 heteroatoms. The van der Waals surface area contributed by atoms with E-state index in [1.54, 1.807) is 0 Å². The van der Waals surface area contributed by atoms with Crippen molar-refractivity contribution in [3.05, 3.63) is 7.43 Å². The Morgan fingerprint density at radius 2 is 0.357 bits per heavy atom. The predicted molar refractivity (Wildman–Crippen MR) is 93.9 cm³/mol. The van der Waals surface area contributed by atoms with Gasteiger partial charge in [-0.1, -0.05) is 95.5 Å². The van der Waals surface area contributed by atoms with Crippen molar-refractivity contribution in [3.63, 3.8) is 0 Å². The molecule has 0 radical (unpaired) electrons. The minimum absolute atomic E-state index is 0. The summed E-state index contributed by atoms with van der Waals surface area (Å²) in [6, 6.07) is 0. The Kier molecular flexibility index (Phi) is 0. The molecule has 0 fully saturated rings. The maximum absolute atomic E-state index is 2.00. The first-order chi connectivity index (χ1) is 1.00. The van der Waals surface area contributed by atoms with Crippen molar-refractivity contribution < 1.29 is 1.43 Å². The van der Waals surface area contributed by atoms with Crippen molar-refractivity contribution in [2.45, 2.75) is 95.5 Å². The van der Waals surface area contributed by atoms with E-state index in [1.807, 2.05) is 13.8 Å². The highest BCUT2D eigenvalue weighted by Crippen LogP contribution is 1.14. The Labute approximate surface area is 105 Å². The SMILES string of the molecule is C.C.C.C.C.C.C.C.C.C.C.CC.[CH3-].[HH]. The Morgan fingerprint density at radius 3 is 0.357 bits per heavy atom. The van der Waals surface area contributed by atoms with Gasteiger partial charge in [0, 0.05) is 1.43 Å². The van der Waals surface area contributed by atoms with Crippen molar-refractivity contribution in [3.8, 4) is 0 Å². The molecule has 0 saturated heterocycles. The van der Waals surface area contributed by atoms with E-state index in [4.69, 9.17) is 0 Å². The first-order valence-corrected chi connectivity index (χ1v) is 1.00. The third kappa shape index (κ3) is 0. The Balaban J connectivity index is -0.0000000000641. The lowest BCUT2D eigenvalue weighted by Gasteiger charge is -1.07. The van der Waals surface area contributed by atoms with Crippen LogP contribution in [0.15, 0.2) is 0 Å². The van der Waals surface area contributed by atoms with E-state index in [1.165, 1.54) is 0 Å². The summed E-state index contributed by atoms with van der Waals surface area (Å²) in [7, 11) is 0. The van der Waals surface area contributed by atoms with E-state index in [-0.39, 0.29) is 90.5 Å². The summed E-state index contributed by atoms with van der Waals surface area (Å²) >= 11 is 0. The van der Waals surface area contributed by atoms with Gasteiger partial charge in [-0.3, -0.25) is 0 Å². The van der Waals surface area contributed by atoms with Gasteiger partial charge in [-0.2, -0.15) is 0 Å². The molecule has 0 rings (SSSR count). The lowest BCUT2D eigenvalue weighted by Crippen LogP contribution is -0.856. The fourth-order valence-corrected chi connectivity index (χ4v) is 0. The molecule has 0 aromatic carbocycles. The summed E-state index contributed by atoms with van der Waals surface area (Å²) < 4.78 is 0. The second-order valence-electron chi connectivity index (χ2n) is 0. The van der Waals surface area contributed by atoms with Crippen LogP contribution in [0.2, 0.25) is 0 Å². The van der Waals surface area contributed by atoms with Gasteiger partial charge < -0.3 is 7.43 Å². The van der Waals surface area contributed by atoms with E-state index in [0.29, 0.717) is 0 Å². The van der Waals surface area contributed by atoms with Gasteiger partial charge in [0.1, 0.15) is 0 Å². The molecule has 0 nitrogen and oxygen atoms in total.